The minimum atomic E-state index is -0.910. The minimum Gasteiger partial charge on any atom is -0.503 e. The highest BCUT2D eigenvalue weighted by atomic mass is 19.1. The molecule has 168 valence electrons. The van der Waals surface area contributed by atoms with Crippen molar-refractivity contribution < 1.29 is 14.3 Å². The summed E-state index contributed by atoms with van der Waals surface area (Å²) in [5, 5.41) is 13.0. The maximum atomic E-state index is 13.0. The van der Waals surface area contributed by atoms with E-state index < -0.39 is 22.6 Å². The number of amides is 1. The van der Waals surface area contributed by atoms with Crippen LogP contribution in [-0.2, 0) is 13.1 Å². The predicted octanol–water partition coefficient (Wildman–Crippen LogP) is 1.72. The van der Waals surface area contributed by atoms with Gasteiger partial charge in [0.15, 0.2) is 11.3 Å². The lowest BCUT2D eigenvalue weighted by Crippen LogP contribution is -2.35. The quantitative estimate of drug-likeness (QED) is 0.609. The molecule has 1 aliphatic rings. The zero-order valence-electron chi connectivity index (χ0n) is 17.6. The number of carbonyl (C=O) groups excluding carboxylic acids is 1. The van der Waals surface area contributed by atoms with Gasteiger partial charge in [0.1, 0.15) is 11.4 Å². The molecule has 0 spiro atoms. The molecule has 2 N–H and O–H groups in total. The molecule has 0 saturated carbocycles. The summed E-state index contributed by atoms with van der Waals surface area (Å²) in [6.45, 7) is 3.25. The Bertz CT molecular complexity index is 1240. The van der Waals surface area contributed by atoms with Crippen LogP contribution in [0.25, 0.3) is 5.52 Å². The predicted molar refractivity (Wildman–Crippen MR) is 117 cm³/mol. The molecule has 0 atom stereocenters. The number of fused-ring (bicyclic) bond motifs is 1. The number of nitrogens with one attached hydrogen (secondary N) is 1. The number of hydrogen-bond donors (Lipinski definition) is 2. The summed E-state index contributed by atoms with van der Waals surface area (Å²) in [5.41, 5.74) is -1.19. The van der Waals surface area contributed by atoms with Crippen LogP contribution in [0, 0.1) is 5.82 Å². The number of benzene rings is 1. The zero-order chi connectivity index (χ0) is 22.7. The molecule has 0 bridgehead atoms. The highest BCUT2D eigenvalue weighted by Crippen LogP contribution is 2.12. The van der Waals surface area contributed by atoms with Crippen molar-refractivity contribution in [1.29, 1.82) is 0 Å². The summed E-state index contributed by atoms with van der Waals surface area (Å²) in [7, 11) is 0. The fourth-order valence-corrected chi connectivity index (χ4v) is 3.95. The van der Waals surface area contributed by atoms with Gasteiger partial charge in [0.25, 0.3) is 11.5 Å². The van der Waals surface area contributed by atoms with Gasteiger partial charge in [-0.1, -0.05) is 18.6 Å². The number of nitrogens with zero attached hydrogens (tertiary/aromatic N) is 3. The lowest BCUT2D eigenvalue weighted by atomic mass is 10.1. The van der Waals surface area contributed by atoms with Crippen molar-refractivity contribution in [3.63, 3.8) is 0 Å². The smallest absolute Gasteiger partial charge is 0.278 e. The molecule has 1 amide bonds. The van der Waals surface area contributed by atoms with E-state index in [9.17, 15) is 23.9 Å². The van der Waals surface area contributed by atoms with Crippen LogP contribution in [0.1, 0.15) is 35.2 Å². The third-order valence-electron chi connectivity index (χ3n) is 5.80. The van der Waals surface area contributed by atoms with E-state index in [-0.39, 0.29) is 23.4 Å². The lowest BCUT2D eigenvalue weighted by molar-refractivity contribution is 0.0949. The van der Waals surface area contributed by atoms with E-state index in [1.54, 1.807) is 12.4 Å². The first-order valence-electron chi connectivity index (χ1n) is 10.7. The Hall–Kier alpha value is -3.46. The van der Waals surface area contributed by atoms with Crippen LogP contribution in [0.4, 0.5) is 4.39 Å². The van der Waals surface area contributed by atoms with Crippen LogP contribution >= 0.6 is 0 Å². The van der Waals surface area contributed by atoms with Gasteiger partial charge in [0.05, 0.1) is 0 Å². The monoisotopic (exact) mass is 440 g/mol. The molecule has 0 radical (unpaired) electrons. The molecule has 0 aliphatic carbocycles. The first kappa shape index (κ1) is 21.8. The normalized spacial score (nSPS) is 14.5. The lowest BCUT2D eigenvalue weighted by Gasteiger charge is -2.26. The van der Waals surface area contributed by atoms with Crippen LogP contribution in [0.3, 0.4) is 0 Å². The zero-order valence-corrected chi connectivity index (χ0v) is 17.6. The number of carbonyl (C=O) groups is 1. The van der Waals surface area contributed by atoms with Crippen molar-refractivity contribution in [2.75, 3.05) is 19.6 Å². The topological polar surface area (TPSA) is 96.1 Å². The number of aromatic hydroxyl groups is 1. The number of aromatic nitrogens is 2. The van der Waals surface area contributed by atoms with Crippen LogP contribution in [0.2, 0.25) is 0 Å². The molecule has 2 aromatic heterocycles. The van der Waals surface area contributed by atoms with E-state index in [0.717, 1.165) is 25.9 Å². The Balaban J connectivity index is 1.55. The molecule has 3 heterocycles. The fraction of sp³-hybridized carbons (Fsp3) is 0.348. The van der Waals surface area contributed by atoms with Gasteiger partial charge in [-0.15, -0.1) is 0 Å². The molecule has 9 heteroatoms. The number of pyridine rings is 1. The molecule has 1 saturated heterocycles. The molecule has 32 heavy (non-hydrogen) atoms. The maximum absolute atomic E-state index is 13.0. The van der Waals surface area contributed by atoms with E-state index in [2.05, 4.69) is 10.2 Å². The maximum Gasteiger partial charge on any atom is 0.278 e. The van der Waals surface area contributed by atoms with Crippen molar-refractivity contribution in [3.8, 4) is 5.75 Å². The van der Waals surface area contributed by atoms with Gasteiger partial charge in [-0.25, -0.2) is 4.39 Å². The fourth-order valence-electron chi connectivity index (χ4n) is 3.95. The minimum absolute atomic E-state index is 0.0834. The van der Waals surface area contributed by atoms with Gasteiger partial charge in [-0.2, -0.15) is 0 Å². The molecular formula is C23H25FN4O4. The van der Waals surface area contributed by atoms with Crippen molar-refractivity contribution >= 4 is 11.4 Å². The molecule has 1 fully saturated rings. The Morgan fingerprint density at radius 2 is 1.75 bits per heavy atom. The second kappa shape index (κ2) is 9.35. The average Bonchev–Trinajstić information content (AvgIpc) is 2.81. The highest BCUT2D eigenvalue weighted by molar-refractivity contribution is 5.94. The Labute approximate surface area is 183 Å². The van der Waals surface area contributed by atoms with Gasteiger partial charge < -0.3 is 24.3 Å². The van der Waals surface area contributed by atoms with Gasteiger partial charge in [0.2, 0.25) is 5.43 Å². The first-order chi connectivity index (χ1) is 15.4. The summed E-state index contributed by atoms with van der Waals surface area (Å²) in [6.07, 6.45) is 7.90. The summed E-state index contributed by atoms with van der Waals surface area (Å²) in [6, 6.07) is 5.59. The number of likely N-dealkylation sites (tertiary alicyclic amines) is 1. The summed E-state index contributed by atoms with van der Waals surface area (Å²) in [4.78, 5) is 40.3. The van der Waals surface area contributed by atoms with E-state index in [4.69, 9.17) is 0 Å². The second-order valence-corrected chi connectivity index (χ2v) is 7.98. The third kappa shape index (κ3) is 4.57. The molecule has 1 aliphatic heterocycles. The van der Waals surface area contributed by atoms with Crippen molar-refractivity contribution in [1.82, 2.24) is 19.2 Å². The Morgan fingerprint density at radius 3 is 2.47 bits per heavy atom. The molecule has 0 unspecified atom stereocenters. The second-order valence-electron chi connectivity index (χ2n) is 7.98. The first-order valence-corrected chi connectivity index (χ1v) is 10.7. The number of piperidine rings is 1. The van der Waals surface area contributed by atoms with Crippen molar-refractivity contribution in [2.24, 2.45) is 0 Å². The summed E-state index contributed by atoms with van der Waals surface area (Å²) >= 11 is 0. The molecular weight excluding hydrogens is 415 g/mol. The van der Waals surface area contributed by atoms with Crippen molar-refractivity contribution in [2.45, 2.75) is 32.4 Å². The van der Waals surface area contributed by atoms with Crippen LogP contribution in [0.15, 0.2) is 52.4 Å². The molecule has 3 aromatic rings. The number of halogens is 1. The highest BCUT2D eigenvalue weighted by Gasteiger charge is 2.19. The summed E-state index contributed by atoms with van der Waals surface area (Å²) < 4.78 is 15.8. The Kier molecular flexibility index (Phi) is 6.36. The van der Waals surface area contributed by atoms with Crippen LogP contribution < -0.4 is 16.3 Å². The standard InChI is InChI=1S/C23H25FN4O4/c24-17-6-4-16(5-7-17)14-25-22(31)18-15-28-13-12-27(11-10-26-8-2-1-3-9-26)23(32)19(28)21(30)20(18)29/h4-7,12-13,15,30H,1-3,8-11,14H2,(H,25,31). The average molecular weight is 440 g/mol. The third-order valence-corrected chi connectivity index (χ3v) is 5.80. The van der Waals surface area contributed by atoms with Crippen LogP contribution in [0.5, 0.6) is 5.75 Å². The van der Waals surface area contributed by atoms with E-state index in [1.807, 2.05) is 0 Å². The van der Waals surface area contributed by atoms with Gasteiger partial charge >= 0.3 is 0 Å². The van der Waals surface area contributed by atoms with E-state index in [1.165, 1.54) is 45.9 Å². The molecule has 8 nitrogen and oxygen atoms in total. The van der Waals surface area contributed by atoms with E-state index in [0.29, 0.717) is 18.7 Å². The molecule has 4 rings (SSSR count). The summed E-state index contributed by atoms with van der Waals surface area (Å²) in [5.74, 6) is -1.84. The van der Waals surface area contributed by atoms with Gasteiger partial charge in [-0.3, -0.25) is 14.4 Å². The Morgan fingerprint density at radius 1 is 1.03 bits per heavy atom. The number of rotatable bonds is 6. The number of hydrogen-bond acceptors (Lipinski definition) is 5. The SMILES string of the molecule is O=C(NCc1ccc(F)cc1)c1cn2ccn(CCN3CCCCC3)c(=O)c2c(O)c1=O. The van der Waals surface area contributed by atoms with Crippen molar-refractivity contribution in [3.05, 3.63) is 80.4 Å². The van der Waals surface area contributed by atoms with Crippen LogP contribution in [-0.4, -0.2) is 44.5 Å². The van der Waals surface area contributed by atoms with Gasteiger partial charge in [0, 0.05) is 38.2 Å². The molecule has 1 aromatic carbocycles. The largest absolute Gasteiger partial charge is 0.503 e. The van der Waals surface area contributed by atoms with E-state index >= 15 is 0 Å². The van der Waals surface area contributed by atoms with Gasteiger partial charge in [-0.05, 0) is 43.6 Å².